The van der Waals surface area contributed by atoms with E-state index < -0.39 is 0 Å². The summed E-state index contributed by atoms with van der Waals surface area (Å²) in [7, 11) is 0. The molecule has 0 bridgehead atoms. The van der Waals surface area contributed by atoms with Crippen LogP contribution in [0.3, 0.4) is 0 Å². The number of aliphatic imine (C=N–C) groups is 1. The van der Waals surface area contributed by atoms with E-state index in [0.717, 1.165) is 13.0 Å². The van der Waals surface area contributed by atoms with Gasteiger partial charge in [0.05, 0.1) is 0 Å². The van der Waals surface area contributed by atoms with Gasteiger partial charge in [-0.2, -0.15) is 0 Å². The number of rotatable bonds is 2. The van der Waals surface area contributed by atoms with Crippen LogP contribution in [0.25, 0.3) is 0 Å². The van der Waals surface area contributed by atoms with Gasteiger partial charge < -0.3 is 5.73 Å². The number of amidine groups is 2. The van der Waals surface area contributed by atoms with Crippen LogP contribution in [0.2, 0.25) is 0 Å². The van der Waals surface area contributed by atoms with Crippen molar-refractivity contribution in [3.8, 4) is 0 Å². The van der Waals surface area contributed by atoms with E-state index in [1.807, 2.05) is 6.92 Å². The Labute approximate surface area is 58.7 Å². The van der Waals surface area contributed by atoms with E-state index in [1.165, 1.54) is 0 Å². The zero-order valence-corrected chi connectivity index (χ0v) is 5.78. The van der Waals surface area contributed by atoms with Crippen LogP contribution in [0, 0.1) is 0 Å². The molecule has 5 heteroatoms. The average Bonchev–Trinajstić information content (AvgIpc) is 2.31. The molecule has 2 N–H and O–H groups in total. The third kappa shape index (κ3) is 1.37. The first-order valence-corrected chi connectivity index (χ1v) is 3.13. The smallest absolute Gasteiger partial charge is 0.216 e. The summed E-state index contributed by atoms with van der Waals surface area (Å²) >= 11 is 0. The molecule has 5 nitrogen and oxygen atoms in total. The van der Waals surface area contributed by atoms with Gasteiger partial charge in [0.2, 0.25) is 5.84 Å². The number of hydrogen-bond donors (Lipinski definition) is 1. The number of hydrogen-bond acceptors (Lipinski definition) is 4. The van der Waals surface area contributed by atoms with Crippen molar-refractivity contribution in [2.24, 2.45) is 26.2 Å². The first-order valence-electron chi connectivity index (χ1n) is 3.13. The Balaban J connectivity index is 2.57. The zero-order valence-electron chi connectivity index (χ0n) is 5.78. The summed E-state index contributed by atoms with van der Waals surface area (Å²) in [6, 6.07) is 0. The normalized spacial score (nSPS) is 20.1. The zero-order chi connectivity index (χ0) is 7.40. The van der Waals surface area contributed by atoms with Crippen molar-refractivity contribution < 1.29 is 0 Å². The fourth-order valence-electron chi connectivity index (χ4n) is 0.539. The number of nitrogens with zero attached hydrogens (tertiary/aromatic N) is 4. The highest BCUT2D eigenvalue weighted by atomic mass is 15.4. The molecule has 0 fully saturated rings. The molecule has 0 spiro atoms. The topological polar surface area (TPSA) is 75.5 Å². The first kappa shape index (κ1) is 6.85. The Morgan fingerprint density at radius 2 is 2.40 bits per heavy atom. The van der Waals surface area contributed by atoms with Gasteiger partial charge in [-0.15, -0.1) is 10.2 Å². The lowest BCUT2D eigenvalue weighted by Gasteiger charge is -1.89. The van der Waals surface area contributed by atoms with Gasteiger partial charge in [-0.05, 0) is 11.6 Å². The van der Waals surface area contributed by atoms with Gasteiger partial charge in [-0.25, -0.2) is 0 Å². The van der Waals surface area contributed by atoms with Crippen LogP contribution in [0.1, 0.15) is 13.3 Å². The first-order chi connectivity index (χ1) is 4.84. The van der Waals surface area contributed by atoms with Crippen LogP contribution in [0.4, 0.5) is 0 Å². The van der Waals surface area contributed by atoms with Crippen molar-refractivity contribution in [2.75, 3.05) is 6.54 Å². The molecular weight excluding hydrogens is 130 g/mol. The molecule has 1 rings (SSSR count). The molecular formula is C5H9N5. The van der Waals surface area contributed by atoms with E-state index in [0.29, 0.717) is 11.7 Å². The van der Waals surface area contributed by atoms with Gasteiger partial charge in [-0.1, -0.05) is 6.92 Å². The fourth-order valence-corrected chi connectivity index (χ4v) is 0.539. The fraction of sp³-hybridized carbons (Fsp3) is 0.600. The van der Waals surface area contributed by atoms with E-state index >= 15 is 0 Å². The van der Waals surface area contributed by atoms with Crippen LogP contribution in [-0.4, -0.2) is 18.2 Å². The molecule has 0 aliphatic carbocycles. The molecule has 0 aromatic carbocycles. The van der Waals surface area contributed by atoms with Crippen LogP contribution in [0.5, 0.6) is 0 Å². The largest absolute Gasteiger partial charge is 0.379 e. The van der Waals surface area contributed by atoms with Crippen molar-refractivity contribution in [1.29, 1.82) is 0 Å². The predicted octanol–water partition coefficient (Wildman–Crippen LogP) is 0.533. The Kier molecular flexibility index (Phi) is 2.09. The second-order valence-electron chi connectivity index (χ2n) is 1.88. The summed E-state index contributed by atoms with van der Waals surface area (Å²) in [5.74, 6) is 0.773. The molecule has 0 atom stereocenters. The van der Waals surface area contributed by atoms with Crippen LogP contribution >= 0.6 is 0 Å². The van der Waals surface area contributed by atoms with Gasteiger partial charge in [0.25, 0.3) is 0 Å². The van der Waals surface area contributed by atoms with Crippen LogP contribution < -0.4 is 5.73 Å². The Hall–Kier alpha value is -1.26. The lowest BCUT2D eigenvalue weighted by atomic mass is 10.5. The Bertz CT molecular complexity index is 202. The molecule has 10 heavy (non-hydrogen) atoms. The standard InChI is InChI=1S/C5H9N5/c1-2-3-7-5-4(6)8-10-9-5/h2-3H2,1H3,(H2,6,7,8,9). The third-order valence-electron chi connectivity index (χ3n) is 1.01. The molecule has 1 heterocycles. The summed E-state index contributed by atoms with van der Waals surface area (Å²) in [5.41, 5.74) is 5.35. The van der Waals surface area contributed by atoms with Gasteiger partial charge in [0.15, 0.2) is 5.84 Å². The van der Waals surface area contributed by atoms with Crippen LogP contribution in [-0.2, 0) is 0 Å². The maximum atomic E-state index is 5.35. The summed E-state index contributed by atoms with van der Waals surface area (Å²) in [6.07, 6.45) is 0.978. The minimum Gasteiger partial charge on any atom is -0.379 e. The van der Waals surface area contributed by atoms with E-state index in [2.05, 4.69) is 20.4 Å². The quantitative estimate of drug-likeness (QED) is 0.595. The van der Waals surface area contributed by atoms with Crippen molar-refractivity contribution >= 4 is 11.7 Å². The molecule has 0 saturated carbocycles. The maximum Gasteiger partial charge on any atom is 0.216 e. The molecule has 0 unspecified atom stereocenters. The minimum absolute atomic E-state index is 0.313. The van der Waals surface area contributed by atoms with Crippen LogP contribution in [0.15, 0.2) is 20.4 Å². The molecule has 0 radical (unpaired) electrons. The SMILES string of the molecule is CCCN=C1N=NN=C1N. The average molecular weight is 139 g/mol. The summed E-state index contributed by atoms with van der Waals surface area (Å²) < 4.78 is 0. The van der Waals surface area contributed by atoms with Crippen molar-refractivity contribution in [1.82, 2.24) is 0 Å². The lowest BCUT2D eigenvalue weighted by Crippen LogP contribution is -2.19. The summed E-state index contributed by atoms with van der Waals surface area (Å²) in [5, 5.41) is 10.4. The molecule has 1 aliphatic rings. The van der Waals surface area contributed by atoms with E-state index in [1.54, 1.807) is 0 Å². The second kappa shape index (κ2) is 3.05. The van der Waals surface area contributed by atoms with E-state index in [4.69, 9.17) is 5.73 Å². The summed E-state index contributed by atoms with van der Waals surface area (Å²) in [6.45, 7) is 2.76. The molecule has 0 aromatic heterocycles. The van der Waals surface area contributed by atoms with Crippen molar-refractivity contribution in [3.05, 3.63) is 0 Å². The van der Waals surface area contributed by atoms with Gasteiger partial charge >= 0.3 is 0 Å². The lowest BCUT2D eigenvalue weighted by molar-refractivity contribution is 0.931. The summed E-state index contributed by atoms with van der Waals surface area (Å²) in [4.78, 5) is 4.02. The molecule has 1 aliphatic heterocycles. The Morgan fingerprint density at radius 1 is 1.60 bits per heavy atom. The second-order valence-corrected chi connectivity index (χ2v) is 1.88. The molecule has 0 amide bonds. The minimum atomic E-state index is 0.313. The van der Waals surface area contributed by atoms with Gasteiger partial charge in [0.1, 0.15) is 0 Å². The van der Waals surface area contributed by atoms with Gasteiger partial charge in [-0.3, -0.25) is 4.99 Å². The maximum absolute atomic E-state index is 5.35. The Morgan fingerprint density at radius 3 is 2.90 bits per heavy atom. The predicted molar refractivity (Wildman–Crippen MR) is 39.1 cm³/mol. The molecule has 54 valence electrons. The van der Waals surface area contributed by atoms with Crippen molar-refractivity contribution in [3.63, 3.8) is 0 Å². The molecule has 0 aromatic rings. The highest BCUT2D eigenvalue weighted by Crippen LogP contribution is 1.95. The van der Waals surface area contributed by atoms with E-state index in [-0.39, 0.29) is 0 Å². The third-order valence-corrected chi connectivity index (χ3v) is 1.01. The highest BCUT2D eigenvalue weighted by Gasteiger charge is 2.07. The molecule has 0 saturated heterocycles. The monoisotopic (exact) mass is 139 g/mol. The van der Waals surface area contributed by atoms with E-state index in [9.17, 15) is 0 Å². The number of nitrogens with two attached hydrogens (primary N) is 1. The van der Waals surface area contributed by atoms with Gasteiger partial charge in [0, 0.05) is 6.54 Å². The highest BCUT2D eigenvalue weighted by molar-refractivity contribution is 6.40. The van der Waals surface area contributed by atoms with Crippen molar-refractivity contribution in [2.45, 2.75) is 13.3 Å².